The number of carbonyl (C=O) groups is 1. The summed E-state index contributed by atoms with van der Waals surface area (Å²) in [6.07, 6.45) is 0. The third-order valence-corrected chi connectivity index (χ3v) is 4.03. The molecule has 0 bridgehead atoms. The number of sulfonamides is 1. The smallest absolute Gasteiger partial charge is 0.242 e. The van der Waals surface area contributed by atoms with Gasteiger partial charge >= 0.3 is 0 Å². The molecule has 0 aliphatic carbocycles. The van der Waals surface area contributed by atoms with E-state index in [0.717, 1.165) is 0 Å². The topological polar surface area (TPSA) is 115 Å². The molecule has 0 aliphatic heterocycles. The normalized spacial score (nSPS) is 13.3. The van der Waals surface area contributed by atoms with E-state index in [9.17, 15) is 13.2 Å². The van der Waals surface area contributed by atoms with Gasteiger partial charge in [0.1, 0.15) is 4.90 Å². The largest absolute Gasteiger partial charge is 0.399 e. The summed E-state index contributed by atoms with van der Waals surface area (Å²) in [5, 5.41) is -0.0193. The van der Waals surface area contributed by atoms with Crippen LogP contribution in [-0.2, 0) is 14.8 Å². The van der Waals surface area contributed by atoms with Gasteiger partial charge in [-0.3, -0.25) is 4.79 Å². The SMILES string of the molecule is CC(NS(=O)(=O)c1ccc(N)cc1Cl)C(N)=O. The lowest BCUT2D eigenvalue weighted by Gasteiger charge is -2.12. The van der Waals surface area contributed by atoms with Crippen molar-refractivity contribution in [2.24, 2.45) is 5.73 Å². The molecule has 1 aromatic rings. The highest BCUT2D eigenvalue weighted by molar-refractivity contribution is 7.89. The molecule has 1 unspecified atom stereocenters. The van der Waals surface area contributed by atoms with E-state index in [1.807, 2.05) is 0 Å². The summed E-state index contributed by atoms with van der Waals surface area (Å²) in [4.78, 5) is 10.6. The van der Waals surface area contributed by atoms with Gasteiger partial charge in [-0.2, -0.15) is 4.72 Å². The first-order chi connectivity index (χ1) is 7.74. The van der Waals surface area contributed by atoms with Crippen LogP contribution >= 0.6 is 11.6 Å². The second kappa shape index (κ2) is 4.91. The Morgan fingerprint density at radius 2 is 2.06 bits per heavy atom. The van der Waals surface area contributed by atoms with Gasteiger partial charge in [0, 0.05) is 5.69 Å². The number of rotatable bonds is 4. The number of carbonyl (C=O) groups excluding carboxylic acids is 1. The summed E-state index contributed by atoms with van der Waals surface area (Å²) < 4.78 is 25.8. The Morgan fingerprint density at radius 3 is 2.53 bits per heavy atom. The average molecular weight is 278 g/mol. The first-order valence-electron chi connectivity index (χ1n) is 4.60. The van der Waals surface area contributed by atoms with Crippen molar-refractivity contribution in [3.05, 3.63) is 23.2 Å². The Balaban J connectivity index is 3.10. The van der Waals surface area contributed by atoms with Crippen LogP contribution in [0.3, 0.4) is 0 Å². The molecule has 94 valence electrons. The third kappa shape index (κ3) is 3.32. The number of hydrogen-bond donors (Lipinski definition) is 3. The van der Waals surface area contributed by atoms with E-state index >= 15 is 0 Å². The van der Waals surface area contributed by atoms with Crippen LogP contribution in [0.1, 0.15) is 6.92 Å². The Morgan fingerprint density at radius 1 is 1.47 bits per heavy atom. The highest BCUT2D eigenvalue weighted by atomic mass is 35.5. The van der Waals surface area contributed by atoms with Gasteiger partial charge in [0.25, 0.3) is 0 Å². The van der Waals surface area contributed by atoms with E-state index in [1.54, 1.807) is 0 Å². The number of halogens is 1. The Kier molecular flexibility index (Phi) is 3.97. The molecule has 8 heteroatoms. The zero-order valence-corrected chi connectivity index (χ0v) is 10.5. The molecule has 0 heterocycles. The van der Waals surface area contributed by atoms with Gasteiger partial charge in [-0.05, 0) is 25.1 Å². The average Bonchev–Trinajstić information content (AvgIpc) is 2.15. The summed E-state index contributed by atoms with van der Waals surface area (Å²) in [6, 6.07) is 2.95. The van der Waals surface area contributed by atoms with Crippen LogP contribution in [0.25, 0.3) is 0 Å². The number of amides is 1. The fraction of sp³-hybridized carbons (Fsp3) is 0.222. The van der Waals surface area contributed by atoms with Crippen molar-refractivity contribution in [3.8, 4) is 0 Å². The van der Waals surface area contributed by atoms with Crippen molar-refractivity contribution in [3.63, 3.8) is 0 Å². The van der Waals surface area contributed by atoms with Crippen LogP contribution in [0.5, 0.6) is 0 Å². The number of nitrogen functional groups attached to an aromatic ring is 1. The van der Waals surface area contributed by atoms with Crippen LogP contribution in [-0.4, -0.2) is 20.4 Å². The molecule has 0 aliphatic rings. The van der Waals surface area contributed by atoms with Gasteiger partial charge in [0.2, 0.25) is 15.9 Å². The molecule has 0 saturated heterocycles. The van der Waals surface area contributed by atoms with Crippen molar-refractivity contribution in [1.29, 1.82) is 0 Å². The van der Waals surface area contributed by atoms with E-state index in [1.165, 1.54) is 25.1 Å². The lowest BCUT2D eigenvalue weighted by molar-refractivity contribution is -0.119. The number of benzene rings is 1. The van der Waals surface area contributed by atoms with Crippen molar-refractivity contribution in [1.82, 2.24) is 4.72 Å². The Bertz CT molecular complexity index is 544. The van der Waals surface area contributed by atoms with Crippen molar-refractivity contribution < 1.29 is 13.2 Å². The summed E-state index contributed by atoms with van der Waals surface area (Å²) in [7, 11) is -3.89. The molecule has 0 aromatic heterocycles. The minimum Gasteiger partial charge on any atom is -0.399 e. The molecule has 1 rings (SSSR count). The second-order valence-electron chi connectivity index (χ2n) is 3.44. The zero-order valence-electron chi connectivity index (χ0n) is 8.98. The van der Waals surface area contributed by atoms with Gasteiger partial charge in [0.15, 0.2) is 0 Å². The molecule has 0 radical (unpaired) electrons. The molecule has 5 N–H and O–H groups in total. The predicted molar refractivity (Wildman–Crippen MR) is 64.8 cm³/mol. The van der Waals surface area contributed by atoms with Gasteiger partial charge in [0.05, 0.1) is 11.1 Å². The fourth-order valence-electron chi connectivity index (χ4n) is 1.09. The predicted octanol–water partition coefficient (Wildman–Crippen LogP) is 0.0743. The van der Waals surface area contributed by atoms with Gasteiger partial charge in [-0.15, -0.1) is 0 Å². The quantitative estimate of drug-likeness (QED) is 0.676. The lowest BCUT2D eigenvalue weighted by Crippen LogP contribution is -2.42. The summed E-state index contributed by atoms with van der Waals surface area (Å²) >= 11 is 5.76. The second-order valence-corrected chi connectivity index (χ2v) is 5.52. The molecule has 0 saturated carbocycles. The van der Waals surface area contributed by atoms with Gasteiger partial charge < -0.3 is 11.5 Å². The molecule has 6 nitrogen and oxygen atoms in total. The molecular weight excluding hydrogens is 266 g/mol. The summed E-state index contributed by atoms with van der Waals surface area (Å²) in [6.45, 7) is 1.34. The first-order valence-corrected chi connectivity index (χ1v) is 6.47. The molecule has 0 spiro atoms. The summed E-state index contributed by atoms with van der Waals surface area (Å²) in [5.74, 6) is -0.778. The minimum absolute atomic E-state index is 0.0193. The van der Waals surface area contributed by atoms with Crippen LogP contribution in [0.15, 0.2) is 23.1 Å². The molecular formula is C9H12ClN3O3S. The van der Waals surface area contributed by atoms with Crippen LogP contribution in [0.2, 0.25) is 5.02 Å². The van der Waals surface area contributed by atoms with E-state index < -0.39 is 22.0 Å². The van der Waals surface area contributed by atoms with E-state index in [4.69, 9.17) is 23.1 Å². The van der Waals surface area contributed by atoms with Crippen molar-refractivity contribution in [2.45, 2.75) is 17.9 Å². The number of anilines is 1. The first kappa shape index (κ1) is 13.8. The number of primary amides is 1. The van der Waals surface area contributed by atoms with E-state index in [0.29, 0.717) is 5.69 Å². The fourth-order valence-corrected chi connectivity index (χ4v) is 2.85. The minimum atomic E-state index is -3.89. The Hall–Kier alpha value is -1.31. The number of nitrogens with two attached hydrogens (primary N) is 2. The molecule has 1 atom stereocenters. The molecule has 0 fully saturated rings. The maximum atomic E-state index is 11.8. The highest BCUT2D eigenvalue weighted by Crippen LogP contribution is 2.23. The maximum absolute atomic E-state index is 11.8. The summed E-state index contributed by atoms with van der Waals surface area (Å²) in [5.41, 5.74) is 10.8. The third-order valence-electron chi connectivity index (χ3n) is 2.00. The van der Waals surface area contributed by atoms with Crippen molar-refractivity contribution >= 4 is 33.2 Å². The Labute approximate surface area is 104 Å². The van der Waals surface area contributed by atoms with Crippen molar-refractivity contribution in [2.75, 3.05) is 5.73 Å². The zero-order chi connectivity index (χ0) is 13.2. The van der Waals surface area contributed by atoms with Gasteiger partial charge in [-0.1, -0.05) is 11.6 Å². The van der Waals surface area contributed by atoms with E-state index in [-0.39, 0.29) is 9.92 Å². The molecule has 17 heavy (non-hydrogen) atoms. The van der Waals surface area contributed by atoms with Gasteiger partial charge in [-0.25, -0.2) is 8.42 Å². The highest BCUT2D eigenvalue weighted by Gasteiger charge is 2.22. The number of nitrogens with one attached hydrogen (secondary N) is 1. The van der Waals surface area contributed by atoms with Crippen LogP contribution in [0.4, 0.5) is 5.69 Å². The van der Waals surface area contributed by atoms with Crippen LogP contribution < -0.4 is 16.2 Å². The maximum Gasteiger partial charge on any atom is 0.242 e. The lowest BCUT2D eigenvalue weighted by atomic mass is 10.3. The van der Waals surface area contributed by atoms with Crippen LogP contribution in [0, 0.1) is 0 Å². The van der Waals surface area contributed by atoms with E-state index in [2.05, 4.69) is 4.72 Å². The molecule has 1 aromatic carbocycles. The monoisotopic (exact) mass is 277 g/mol. The standard InChI is InChI=1S/C9H12ClN3O3S/c1-5(9(12)14)13-17(15,16)8-3-2-6(11)4-7(8)10/h2-5,13H,11H2,1H3,(H2,12,14). The molecule has 1 amide bonds. The number of hydrogen-bond acceptors (Lipinski definition) is 4.